The summed E-state index contributed by atoms with van der Waals surface area (Å²) in [6, 6.07) is 11.7. The van der Waals surface area contributed by atoms with Crippen LogP contribution in [0.5, 0.6) is 0 Å². The Labute approximate surface area is 127 Å². The highest BCUT2D eigenvalue weighted by molar-refractivity contribution is 7.10. The standard InChI is InChI=1S/C18H25NS/c1-5-13(3)15-7-9-16(10-8-15)17(19-6-2)18-14(4)11-12-20-18/h7-13,17,19H,5-6H2,1-4H3. The Balaban J connectivity index is 2.28. The number of hydrogen-bond donors (Lipinski definition) is 1. The van der Waals surface area contributed by atoms with E-state index in [2.05, 4.69) is 68.7 Å². The molecule has 1 heterocycles. The molecular formula is C18H25NS. The first kappa shape index (κ1) is 15.3. The SMILES string of the molecule is CCNC(c1ccc(C(C)CC)cc1)c1sccc1C. The first-order valence-corrected chi connectivity index (χ1v) is 8.42. The fraction of sp³-hybridized carbons (Fsp3) is 0.444. The molecule has 0 saturated heterocycles. The van der Waals surface area contributed by atoms with Crippen LogP contribution in [-0.4, -0.2) is 6.54 Å². The largest absolute Gasteiger partial charge is 0.306 e. The summed E-state index contributed by atoms with van der Waals surface area (Å²) in [4.78, 5) is 1.43. The maximum atomic E-state index is 3.62. The summed E-state index contributed by atoms with van der Waals surface area (Å²) >= 11 is 1.84. The Bertz CT molecular complexity index is 527. The average molecular weight is 287 g/mol. The first-order valence-electron chi connectivity index (χ1n) is 7.54. The van der Waals surface area contributed by atoms with E-state index in [0.29, 0.717) is 12.0 Å². The zero-order valence-corrected chi connectivity index (χ0v) is 13.8. The monoisotopic (exact) mass is 287 g/mol. The number of nitrogens with one attached hydrogen (secondary N) is 1. The van der Waals surface area contributed by atoms with Gasteiger partial charge in [0.25, 0.3) is 0 Å². The van der Waals surface area contributed by atoms with Crippen LogP contribution in [0, 0.1) is 6.92 Å². The first-order chi connectivity index (χ1) is 9.67. The van der Waals surface area contributed by atoms with Gasteiger partial charge in [0.1, 0.15) is 0 Å². The Kier molecular flexibility index (Phi) is 5.38. The van der Waals surface area contributed by atoms with E-state index in [1.165, 1.54) is 28.0 Å². The van der Waals surface area contributed by atoms with Crippen molar-refractivity contribution in [3.8, 4) is 0 Å². The van der Waals surface area contributed by atoms with Crippen LogP contribution >= 0.6 is 11.3 Å². The van der Waals surface area contributed by atoms with Gasteiger partial charge < -0.3 is 5.32 Å². The Morgan fingerprint density at radius 1 is 1.05 bits per heavy atom. The van der Waals surface area contributed by atoms with Gasteiger partial charge in [0.15, 0.2) is 0 Å². The van der Waals surface area contributed by atoms with Gasteiger partial charge in [-0.1, -0.05) is 45.0 Å². The predicted octanol–water partition coefficient (Wildman–Crippen LogP) is 5.27. The van der Waals surface area contributed by atoms with Gasteiger partial charge in [0.05, 0.1) is 6.04 Å². The minimum atomic E-state index is 0.325. The van der Waals surface area contributed by atoms with Crippen LogP contribution in [-0.2, 0) is 0 Å². The summed E-state index contributed by atoms with van der Waals surface area (Å²) in [5.41, 5.74) is 4.19. The number of benzene rings is 1. The third kappa shape index (κ3) is 3.31. The molecule has 2 rings (SSSR count). The van der Waals surface area contributed by atoms with Gasteiger partial charge >= 0.3 is 0 Å². The van der Waals surface area contributed by atoms with Gasteiger partial charge in [-0.3, -0.25) is 0 Å². The van der Waals surface area contributed by atoms with E-state index in [4.69, 9.17) is 0 Å². The summed E-state index contributed by atoms with van der Waals surface area (Å²) in [6.45, 7) is 9.89. The van der Waals surface area contributed by atoms with E-state index in [0.717, 1.165) is 6.54 Å². The van der Waals surface area contributed by atoms with Crippen LogP contribution in [0.1, 0.15) is 60.7 Å². The molecule has 0 aliphatic heterocycles. The Morgan fingerprint density at radius 2 is 1.70 bits per heavy atom. The van der Waals surface area contributed by atoms with Gasteiger partial charge in [0, 0.05) is 4.88 Å². The van der Waals surface area contributed by atoms with Crippen molar-refractivity contribution in [1.82, 2.24) is 5.32 Å². The molecule has 2 unspecified atom stereocenters. The fourth-order valence-corrected chi connectivity index (χ4v) is 3.53. The lowest BCUT2D eigenvalue weighted by molar-refractivity contribution is 0.636. The number of aryl methyl sites for hydroxylation is 1. The van der Waals surface area contributed by atoms with E-state index >= 15 is 0 Å². The maximum Gasteiger partial charge on any atom is 0.0673 e. The topological polar surface area (TPSA) is 12.0 Å². The second kappa shape index (κ2) is 7.05. The highest BCUT2D eigenvalue weighted by atomic mass is 32.1. The summed E-state index contributed by atoms with van der Waals surface area (Å²) in [7, 11) is 0. The molecule has 0 saturated carbocycles. The van der Waals surface area contributed by atoms with Crippen molar-refractivity contribution < 1.29 is 0 Å². The highest BCUT2D eigenvalue weighted by Crippen LogP contribution is 2.30. The van der Waals surface area contributed by atoms with Crippen molar-refractivity contribution in [2.75, 3.05) is 6.54 Å². The van der Waals surface area contributed by atoms with Gasteiger partial charge in [0.2, 0.25) is 0 Å². The molecule has 0 aliphatic rings. The van der Waals surface area contributed by atoms with Crippen molar-refractivity contribution in [3.05, 3.63) is 57.3 Å². The second-order valence-electron chi connectivity index (χ2n) is 5.43. The van der Waals surface area contributed by atoms with E-state index < -0.39 is 0 Å². The highest BCUT2D eigenvalue weighted by Gasteiger charge is 2.16. The van der Waals surface area contributed by atoms with Crippen LogP contribution in [0.3, 0.4) is 0 Å². The molecule has 2 heteroatoms. The molecule has 0 radical (unpaired) electrons. The Hall–Kier alpha value is -1.12. The second-order valence-corrected chi connectivity index (χ2v) is 6.38. The van der Waals surface area contributed by atoms with Crippen molar-refractivity contribution in [3.63, 3.8) is 0 Å². The lowest BCUT2D eigenvalue weighted by atomic mass is 9.95. The number of thiophene rings is 1. The minimum absolute atomic E-state index is 0.325. The summed E-state index contributed by atoms with van der Waals surface area (Å²) in [5, 5.41) is 5.80. The van der Waals surface area contributed by atoms with E-state index in [9.17, 15) is 0 Å². The Morgan fingerprint density at radius 3 is 2.20 bits per heavy atom. The van der Waals surface area contributed by atoms with Crippen LogP contribution in [0.2, 0.25) is 0 Å². The molecule has 1 nitrogen and oxygen atoms in total. The molecule has 0 fully saturated rings. The van der Waals surface area contributed by atoms with Crippen LogP contribution < -0.4 is 5.32 Å². The molecular weight excluding hydrogens is 262 g/mol. The number of hydrogen-bond acceptors (Lipinski definition) is 2. The van der Waals surface area contributed by atoms with E-state index in [-0.39, 0.29) is 0 Å². The number of rotatable bonds is 6. The lowest BCUT2D eigenvalue weighted by Crippen LogP contribution is -2.21. The van der Waals surface area contributed by atoms with E-state index in [1.807, 2.05) is 11.3 Å². The average Bonchev–Trinajstić information content (AvgIpc) is 2.90. The molecule has 1 aromatic heterocycles. The third-order valence-corrected chi connectivity index (χ3v) is 5.11. The molecule has 1 aromatic carbocycles. The van der Waals surface area contributed by atoms with Crippen molar-refractivity contribution in [2.24, 2.45) is 0 Å². The van der Waals surface area contributed by atoms with Crippen molar-refractivity contribution in [2.45, 2.75) is 46.1 Å². The third-order valence-electron chi connectivity index (χ3n) is 4.02. The smallest absolute Gasteiger partial charge is 0.0673 e. The zero-order chi connectivity index (χ0) is 14.5. The van der Waals surface area contributed by atoms with Gasteiger partial charge in [-0.15, -0.1) is 11.3 Å². The summed E-state index contributed by atoms with van der Waals surface area (Å²) in [5.74, 6) is 0.644. The molecule has 0 bridgehead atoms. The molecule has 0 amide bonds. The van der Waals surface area contributed by atoms with Gasteiger partial charge in [-0.2, -0.15) is 0 Å². The lowest BCUT2D eigenvalue weighted by Gasteiger charge is -2.19. The zero-order valence-electron chi connectivity index (χ0n) is 12.9. The van der Waals surface area contributed by atoms with Crippen LogP contribution in [0.4, 0.5) is 0 Å². The quantitative estimate of drug-likeness (QED) is 0.763. The van der Waals surface area contributed by atoms with Crippen molar-refractivity contribution in [1.29, 1.82) is 0 Å². The fourth-order valence-electron chi connectivity index (χ4n) is 2.50. The molecule has 2 aromatic rings. The molecule has 1 N–H and O–H groups in total. The van der Waals surface area contributed by atoms with Gasteiger partial charge in [-0.25, -0.2) is 0 Å². The van der Waals surface area contributed by atoms with Gasteiger partial charge in [-0.05, 0) is 53.9 Å². The van der Waals surface area contributed by atoms with E-state index in [1.54, 1.807) is 0 Å². The molecule has 108 valence electrons. The summed E-state index contributed by atoms with van der Waals surface area (Å²) in [6.07, 6.45) is 1.19. The molecule has 2 atom stereocenters. The summed E-state index contributed by atoms with van der Waals surface area (Å²) < 4.78 is 0. The molecule has 20 heavy (non-hydrogen) atoms. The van der Waals surface area contributed by atoms with Crippen LogP contribution in [0.25, 0.3) is 0 Å². The molecule has 0 spiro atoms. The maximum absolute atomic E-state index is 3.62. The minimum Gasteiger partial charge on any atom is -0.306 e. The predicted molar refractivity (Wildman–Crippen MR) is 89.7 cm³/mol. The van der Waals surface area contributed by atoms with Crippen molar-refractivity contribution >= 4 is 11.3 Å². The van der Waals surface area contributed by atoms with Crippen LogP contribution in [0.15, 0.2) is 35.7 Å². The normalized spacial score (nSPS) is 14.2. The molecule has 0 aliphatic carbocycles.